The van der Waals surface area contributed by atoms with Gasteiger partial charge in [-0.2, -0.15) is 9.78 Å². The molecule has 0 aliphatic carbocycles. The lowest BCUT2D eigenvalue weighted by molar-refractivity contribution is 0.196. The van der Waals surface area contributed by atoms with Crippen molar-refractivity contribution in [1.29, 1.82) is 0 Å². The van der Waals surface area contributed by atoms with E-state index in [1.54, 1.807) is 24.4 Å². The van der Waals surface area contributed by atoms with E-state index in [0.29, 0.717) is 39.7 Å². The minimum Gasteiger partial charge on any atom is -0.491 e. The highest BCUT2D eigenvalue weighted by atomic mass is 79.9. The second-order valence-corrected chi connectivity index (χ2v) is 12.1. The largest absolute Gasteiger partial charge is 0.491 e. The van der Waals surface area contributed by atoms with E-state index >= 15 is 0 Å². The third-order valence-electron chi connectivity index (χ3n) is 4.48. The van der Waals surface area contributed by atoms with Gasteiger partial charge in [-0.05, 0) is 51.7 Å². The lowest BCUT2D eigenvalue weighted by Crippen LogP contribution is -2.29. The summed E-state index contributed by atoms with van der Waals surface area (Å²) in [5.74, 6) is 1.18. The average molecular weight is 584 g/mol. The van der Waals surface area contributed by atoms with E-state index in [1.165, 1.54) is 4.68 Å². The lowest BCUT2D eigenvalue weighted by Gasteiger charge is -2.22. The minimum atomic E-state index is -0.405. The number of benzene rings is 2. The van der Waals surface area contributed by atoms with E-state index < -0.39 is 5.41 Å². The number of aromatic nitrogens is 2. The quantitative estimate of drug-likeness (QED) is 0.306. The van der Waals surface area contributed by atoms with Crippen molar-refractivity contribution in [2.24, 2.45) is 10.5 Å². The van der Waals surface area contributed by atoms with Crippen molar-refractivity contribution in [2.75, 3.05) is 6.61 Å². The molecule has 0 amide bonds. The Morgan fingerprint density at radius 2 is 1.81 bits per heavy atom. The van der Waals surface area contributed by atoms with Crippen LogP contribution in [0.5, 0.6) is 5.75 Å². The van der Waals surface area contributed by atoms with Gasteiger partial charge in [0.25, 0.3) is 5.56 Å². The van der Waals surface area contributed by atoms with Gasteiger partial charge in [-0.3, -0.25) is 4.79 Å². The van der Waals surface area contributed by atoms with Crippen LogP contribution in [0.25, 0.3) is 10.9 Å². The van der Waals surface area contributed by atoms with Gasteiger partial charge < -0.3 is 4.74 Å². The molecule has 0 saturated carbocycles. The molecular weight excluding hydrogens is 558 g/mol. The van der Waals surface area contributed by atoms with Crippen LogP contribution in [-0.2, 0) is 5.41 Å². The first-order chi connectivity index (χ1) is 14.8. The summed E-state index contributed by atoms with van der Waals surface area (Å²) in [7, 11) is 0. The summed E-state index contributed by atoms with van der Waals surface area (Å²) in [4.78, 5) is 18.1. The minimum absolute atomic E-state index is 0.0283. The summed E-state index contributed by atoms with van der Waals surface area (Å²) >= 11 is 13.3. The lowest BCUT2D eigenvalue weighted by atomic mass is 9.95. The molecule has 3 rings (SSSR count). The third kappa shape index (κ3) is 5.80. The van der Waals surface area contributed by atoms with Crippen LogP contribution in [0, 0.1) is 5.41 Å². The fraction of sp³-hybridized carbons (Fsp3) is 0.375. The molecular formula is C24H26Br2ClN3O2. The molecule has 3 aromatic rings. The zero-order chi connectivity index (χ0) is 23.8. The normalized spacial score (nSPS) is 12.7. The predicted molar refractivity (Wildman–Crippen MR) is 139 cm³/mol. The Morgan fingerprint density at radius 1 is 1.12 bits per heavy atom. The van der Waals surface area contributed by atoms with E-state index in [9.17, 15) is 4.79 Å². The molecule has 0 saturated heterocycles. The van der Waals surface area contributed by atoms with E-state index in [4.69, 9.17) is 21.3 Å². The first kappa shape index (κ1) is 24.9. The van der Waals surface area contributed by atoms with Crippen molar-refractivity contribution in [3.63, 3.8) is 0 Å². The van der Waals surface area contributed by atoms with Gasteiger partial charge in [-0.15, -0.1) is 0 Å². The number of fused-ring (bicyclic) bond motifs is 1. The van der Waals surface area contributed by atoms with Gasteiger partial charge in [0.2, 0.25) is 0 Å². The first-order valence-electron chi connectivity index (χ1n) is 10.2. The van der Waals surface area contributed by atoms with Crippen LogP contribution < -0.4 is 10.3 Å². The zero-order valence-corrected chi connectivity index (χ0v) is 22.9. The molecule has 0 N–H and O–H groups in total. The number of hydrogen-bond donors (Lipinski definition) is 0. The molecule has 0 spiro atoms. The standard InChI is InChI=1S/C24H26Br2ClN3O2/c1-23(2,3)13-32-20-14(9-16(27)11-18(20)26)12-28-30-21(31)17-10-15(25)7-8-19(17)29-22(30)24(4,5)6/h7-12H,13H2,1-6H3. The third-order valence-corrected chi connectivity index (χ3v) is 5.78. The summed E-state index contributed by atoms with van der Waals surface area (Å²) in [6.45, 7) is 12.8. The van der Waals surface area contributed by atoms with E-state index in [-0.39, 0.29) is 11.0 Å². The molecule has 32 heavy (non-hydrogen) atoms. The van der Waals surface area contributed by atoms with Crippen LogP contribution in [0.15, 0.2) is 49.2 Å². The average Bonchev–Trinajstić information content (AvgIpc) is 2.65. The number of halogens is 3. The molecule has 1 aromatic heterocycles. The summed E-state index contributed by atoms with van der Waals surface area (Å²) in [5, 5.41) is 5.57. The highest BCUT2D eigenvalue weighted by Crippen LogP contribution is 2.33. The van der Waals surface area contributed by atoms with Gasteiger partial charge in [-0.25, -0.2) is 4.98 Å². The maximum absolute atomic E-state index is 13.4. The maximum atomic E-state index is 13.4. The van der Waals surface area contributed by atoms with Gasteiger partial charge in [0.05, 0.1) is 28.2 Å². The van der Waals surface area contributed by atoms with Gasteiger partial charge in [0, 0.05) is 20.5 Å². The van der Waals surface area contributed by atoms with Gasteiger partial charge in [0.1, 0.15) is 11.6 Å². The second kappa shape index (κ2) is 9.27. The number of nitrogens with zero attached hydrogens (tertiary/aromatic N) is 3. The number of rotatable bonds is 4. The first-order valence-corrected chi connectivity index (χ1v) is 12.1. The van der Waals surface area contributed by atoms with E-state index in [0.717, 1.165) is 8.95 Å². The van der Waals surface area contributed by atoms with Crippen molar-refractivity contribution in [1.82, 2.24) is 9.66 Å². The Balaban J connectivity index is 2.18. The molecule has 0 fully saturated rings. The van der Waals surface area contributed by atoms with E-state index in [1.807, 2.05) is 32.9 Å². The Kier molecular flexibility index (Phi) is 7.23. The zero-order valence-electron chi connectivity index (χ0n) is 19.0. The molecule has 0 atom stereocenters. The predicted octanol–water partition coefficient (Wildman–Crippen LogP) is 7.18. The van der Waals surface area contributed by atoms with Crippen molar-refractivity contribution in [3.8, 4) is 5.75 Å². The fourth-order valence-electron chi connectivity index (χ4n) is 2.98. The van der Waals surface area contributed by atoms with Crippen molar-refractivity contribution < 1.29 is 4.74 Å². The summed E-state index contributed by atoms with van der Waals surface area (Å²) in [5.41, 5.74) is 0.622. The van der Waals surface area contributed by atoms with Gasteiger partial charge >= 0.3 is 0 Å². The SMILES string of the molecule is CC(C)(C)COc1c(Br)cc(Cl)cc1C=Nn1c(C(C)(C)C)nc2ccc(Br)cc2c1=O. The smallest absolute Gasteiger partial charge is 0.282 e. The summed E-state index contributed by atoms with van der Waals surface area (Å²) in [6.07, 6.45) is 1.59. The van der Waals surface area contributed by atoms with Crippen LogP contribution in [0.4, 0.5) is 0 Å². The molecule has 5 nitrogen and oxygen atoms in total. The van der Waals surface area contributed by atoms with Crippen LogP contribution >= 0.6 is 43.5 Å². The molecule has 0 bridgehead atoms. The number of hydrogen-bond acceptors (Lipinski definition) is 4. The topological polar surface area (TPSA) is 56.5 Å². The molecule has 0 radical (unpaired) electrons. The molecule has 0 aliphatic heterocycles. The van der Waals surface area contributed by atoms with E-state index in [2.05, 4.69) is 57.7 Å². The monoisotopic (exact) mass is 581 g/mol. The molecule has 2 aromatic carbocycles. The Hall–Kier alpha value is -1.70. The fourth-order valence-corrected chi connectivity index (χ4v) is 4.29. The highest BCUT2D eigenvalue weighted by Gasteiger charge is 2.23. The maximum Gasteiger partial charge on any atom is 0.282 e. The molecule has 1 heterocycles. The second-order valence-electron chi connectivity index (χ2n) is 9.86. The van der Waals surface area contributed by atoms with Gasteiger partial charge in [-0.1, -0.05) is 69.1 Å². The van der Waals surface area contributed by atoms with Crippen molar-refractivity contribution >= 4 is 60.6 Å². The van der Waals surface area contributed by atoms with Crippen LogP contribution in [0.1, 0.15) is 52.9 Å². The van der Waals surface area contributed by atoms with Crippen LogP contribution in [0.3, 0.4) is 0 Å². The van der Waals surface area contributed by atoms with Crippen molar-refractivity contribution in [2.45, 2.75) is 47.0 Å². The van der Waals surface area contributed by atoms with Crippen molar-refractivity contribution in [3.05, 3.63) is 66.0 Å². The van der Waals surface area contributed by atoms with Crippen LogP contribution in [-0.4, -0.2) is 22.5 Å². The highest BCUT2D eigenvalue weighted by molar-refractivity contribution is 9.10. The summed E-state index contributed by atoms with van der Waals surface area (Å²) < 4.78 is 8.97. The molecule has 170 valence electrons. The molecule has 0 aliphatic rings. The Morgan fingerprint density at radius 3 is 2.44 bits per heavy atom. The van der Waals surface area contributed by atoms with Crippen LogP contribution in [0.2, 0.25) is 5.02 Å². The summed E-state index contributed by atoms with van der Waals surface area (Å²) in [6, 6.07) is 9.00. The molecule has 0 unspecified atom stereocenters. The Labute approximate surface area is 210 Å². The number of ether oxygens (including phenoxy) is 1. The Bertz CT molecular complexity index is 1260. The molecule has 8 heteroatoms. The van der Waals surface area contributed by atoms with Gasteiger partial charge in [0.15, 0.2) is 0 Å².